The number of rotatable bonds is 6. The summed E-state index contributed by atoms with van der Waals surface area (Å²) < 4.78 is 35.8. The van der Waals surface area contributed by atoms with Crippen LogP contribution in [0.2, 0.25) is 0 Å². The number of ether oxygens (including phenoxy) is 2. The van der Waals surface area contributed by atoms with Crippen molar-refractivity contribution >= 4 is 33.5 Å². The molecule has 0 N–H and O–H groups in total. The average Bonchev–Trinajstić information content (AvgIpc) is 3.14. The first-order valence-electron chi connectivity index (χ1n) is 10.1. The average molecular weight is 457 g/mol. The fourth-order valence-corrected chi connectivity index (χ4v) is 5.00. The van der Waals surface area contributed by atoms with E-state index in [1.807, 2.05) is 0 Å². The van der Waals surface area contributed by atoms with Crippen molar-refractivity contribution in [2.75, 3.05) is 37.9 Å². The third kappa shape index (κ3) is 4.08. The molecular weight excluding hydrogens is 432 g/mol. The summed E-state index contributed by atoms with van der Waals surface area (Å²) in [6.07, 6.45) is 5.23. The molecule has 0 unspecified atom stereocenters. The highest BCUT2D eigenvalue weighted by Crippen LogP contribution is 2.33. The van der Waals surface area contributed by atoms with E-state index < -0.39 is 10.0 Å². The molecule has 0 aromatic heterocycles. The first-order valence-corrected chi connectivity index (χ1v) is 11.9. The molecule has 0 bridgehead atoms. The highest BCUT2D eigenvalue weighted by atomic mass is 32.2. The number of hydrogen-bond acceptors (Lipinski definition) is 6. The Kier molecular flexibility index (Phi) is 5.68. The number of ketones is 1. The predicted octanol–water partition coefficient (Wildman–Crippen LogP) is 2.26. The number of amides is 1. The molecule has 2 aromatic carbocycles. The van der Waals surface area contributed by atoms with Gasteiger partial charge in [-0.15, -0.1) is 0 Å². The van der Waals surface area contributed by atoms with Crippen LogP contribution in [-0.2, 0) is 27.7 Å². The Balaban J connectivity index is 1.54. The number of anilines is 1. The van der Waals surface area contributed by atoms with Crippen LogP contribution in [0.1, 0.15) is 27.0 Å². The van der Waals surface area contributed by atoms with Crippen molar-refractivity contribution in [2.45, 2.75) is 12.8 Å². The number of fused-ring (bicyclic) bond motifs is 2. The van der Waals surface area contributed by atoms with Crippen molar-refractivity contribution < 1.29 is 27.5 Å². The van der Waals surface area contributed by atoms with E-state index in [1.54, 1.807) is 49.7 Å². The number of methoxy groups -OCH3 is 2. The molecule has 2 heterocycles. The summed E-state index contributed by atoms with van der Waals surface area (Å²) >= 11 is 0. The van der Waals surface area contributed by atoms with Crippen molar-refractivity contribution in [3.05, 3.63) is 58.8 Å². The number of benzene rings is 2. The third-order valence-corrected chi connectivity index (χ3v) is 6.89. The second-order valence-corrected chi connectivity index (χ2v) is 9.68. The van der Waals surface area contributed by atoms with Gasteiger partial charge in [0.05, 0.1) is 39.1 Å². The normalized spacial score (nSPS) is 15.3. The SMILES string of the molecule is COc1cc2c(cc1OC)CC(=O)N(CC(=O)c1ccc3c(c1)CCN3S(C)(=O)=O)C=C2. The monoisotopic (exact) mass is 456 g/mol. The van der Waals surface area contributed by atoms with Gasteiger partial charge in [-0.3, -0.25) is 13.9 Å². The predicted molar refractivity (Wildman–Crippen MR) is 121 cm³/mol. The van der Waals surface area contributed by atoms with Gasteiger partial charge in [-0.05, 0) is 59.5 Å². The topological polar surface area (TPSA) is 93.2 Å². The van der Waals surface area contributed by atoms with Crippen molar-refractivity contribution in [1.82, 2.24) is 4.90 Å². The number of carbonyl (C=O) groups excluding carboxylic acids is 2. The van der Waals surface area contributed by atoms with Gasteiger partial charge in [0.15, 0.2) is 17.3 Å². The largest absolute Gasteiger partial charge is 0.493 e. The summed E-state index contributed by atoms with van der Waals surface area (Å²) in [7, 11) is -0.266. The quantitative estimate of drug-likeness (QED) is 0.619. The van der Waals surface area contributed by atoms with Crippen LogP contribution in [0.15, 0.2) is 36.5 Å². The van der Waals surface area contributed by atoms with E-state index in [9.17, 15) is 18.0 Å². The maximum Gasteiger partial charge on any atom is 0.232 e. The molecule has 168 valence electrons. The Bertz CT molecular complexity index is 1240. The lowest BCUT2D eigenvalue weighted by Gasteiger charge is -2.18. The zero-order chi connectivity index (χ0) is 23.0. The summed E-state index contributed by atoms with van der Waals surface area (Å²) in [5, 5.41) is 0. The highest BCUT2D eigenvalue weighted by molar-refractivity contribution is 7.92. The Morgan fingerprint density at radius 1 is 1.06 bits per heavy atom. The van der Waals surface area contributed by atoms with Gasteiger partial charge >= 0.3 is 0 Å². The Labute approximate surface area is 187 Å². The molecular formula is C23H24N2O6S. The first-order chi connectivity index (χ1) is 15.2. The maximum atomic E-state index is 12.9. The van der Waals surface area contributed by atoms with Gasteiger partial charge in [0.2, 0.25) is 15.9 Å². The minimum absolute atomic E-state index is 0.105. The second kappa shape index (κ2) is 8.31. The molecule has 32 heavy (non-hydrogen) atoms. The highest BCUT2D eigenvalue weighted by Gasteiger charge is 2.27. The van der Waals surface area contributed by atoms with E-state index in [0.29, 0.717) is 35.7 Å². The van der Waals surface area contributed by atoms with E-state index >= 15 is 0 Å². The van der Waals surface area contributed by atoms with E-state index in [0.717, 1.165) is 16.7 Å². The number of hydrogen-bond donors (Lipinski definition) is 0. The van der Waals surface area contributed by atoms with Crippen molar-refractivity contribution in [2.24, 2.45) is 0 Å². The minimum Gasteiger partial charge on any atom is -0.493 e. The van der Waals surface area contributed by atoms with Gasteiger partial charge in [-0.2, -0.15) is 0 Å². The standard InChI is InChI=1S/C23H24N2O6S/c1-30-21-11-15-6-8-24(23(27)13-18(15)12-22(21)31-2)14-20(26)17-4-5-19-16(10-17)7-9-25(19)32(3,28)29/h4-6,8,10-12H,7,9,13-14H2,1-3H3. The van der Waals surface area contributed by atoms with E-state index in [2.05, 4.69) is 0 Å². The van der Waals surface area contributed by atoms with Crippen LogP contribution in [0.3, 0.4) is 0 Å². The summed E-state index contributed by atoms with van der Waals surface area (Å²) in [5.41, 5.74) is 3.48. The van der Waals surface area contributed by atoms with Gasteiger partial charge in [0.25, 0.3) is 0 Å². The smallest absolute Gasteiger partial charge is 0.232 e. The van der Waals surface area contributed by atoms with E-state index in [4.69, 9.17) is 9.47 Å². The van der Waals surface area contributed by atoms with Gasteiger partial charge in [-0.25, -0.2) is 8.42 Å². The lowest BCUT2D eigenvalue weighted by molar-refractivity contribution is -0.127. The zero-order valence-electron chi connectivity index (χ0n) is 18.1. The zero-order valence-corrected chi connectivity index (χ0v) is 18.9. The van der Waals surface area contributed by atoms with Crippen LogP contribution in [-0.4, -0.2) is 58.6 Å². The van der Waals surface area contributed by atoms with Crippen LogP contribution in [0.4, 0.5) is 5.69 Å². The van der Waals surface area contributed by atoms with Crippen LogP contribution in [0.5, 0.6) is 11.5 Å². The first kappa shape index (κ1) is 21.9. The molecule has 0 spiro atoms. The fourth-order valence-electron chi connectivity index (χ4n) is 4.04. The molecule has 2 aliphatic rings. The Morgan fingerprint density at radius 2 is 1.78 bits per heavy atom. The van der Waals surface area contributed by atoms with Gasteiger partial charge in [-0.1, -0.05) is 0 Å². The molecule has 0 fully saturated rings. The molecule has 1 amide bonds. The number of nitrogens with zero attached hydrogens (tertiary/aromatic N) is 2. The van der Waals surface area contributed by atoms with E-state index in [1.165, 1.54) is 22.6 Å². The van der Waals surface area contributed by atoms with Gasteiger partial charge < -0.3 is 14.4 Å². The number of Topliss-reactive ketones (excluding diaryl/α,β-unsaturated/α-hetero) is 1. The van der Waals surface area contributed by atoms with Crippen molar-refractivity contribution in [3.8, 4) is 11.5 Å². The molecule has 2 aliphatic heterocycles. The van der Waals surface area contributed by atoms with E-state index in [-0.39, 0.29) is 24.7 Å². The van der Waals surface area contributed by atoms with Crippen LogP contribution >= 0.6 is 0 Å². The maximum absolute atomic E-state index is 12.9. The lowest BCUT2D eigenvalue weighted by Crippen LogP contribution is -2.31. The molecule has 0 aliphatic carbocycles. The Morgan fingerprint density at radius 3 is 2.47 bits per heavy atom. The Hall–Kier alpha value is -3.33. The molecule has 2 aromatic rings. The molecule has 8 nitrogen and oxygen atoms in total. The molecule has 0 saturated heterocycles. The van der Waals surface area contributed by atoms with Crippen molar-refractivity contribution in [3.63, 3.8) is 0 Å². The molecule has 0 saturated carbocycles. The molecule has 0 radical (unpaired) electrons. The van der Waals surface area contributed by atoms with Crippen LogP contribution in [0, 0.1) is 0 Å². The summed E-state index contributed by atoms with van der Waals surface area (Å²) in [4.78, 5) is 27.1. The van der Waals surface area contributed by atoms with Gasteiger partial charge in [0.1, 0.15) is 0 Å². The molecule has 4 rings (SSSR count). The molecule has 9 heteroatoms. The van der Waals surface area contributed by atoms with Gasteiger partial charge in [0, 0.05) is 18.3 Å². The van der Waals surface area contributed by atoms with Crippen LogP contribution < -0.4 is 13.8 Å². The molecule has 0 atom stereocenters. The fraction of sp³-hybridized carbons (Fsp3) is 0.304. The number of sulfonamides is 1. The third-order valence-electron chi connectivity index (χ3n) is 5.71. The van der Waals surface area contributed by atoms with Crippen molar-refractivity contribution in [1.29, 1.82) is 0 Å². The summed E-state index contributed by atoms with van der Waals surface area (Å²) in [6, 6.07) is 8.57. The minimum atomic E-state index is -3.35. The summed E-state index contributed by atoms with van der Waals surface area (Å²) in [6.45, 7) is 0.260. The lowest BCUT2D eigenvalue weighted by atomic mass is 10.0. The number of carbonyl (C=O) groups is 2. The summed E-state index contributed by atoms with van der Waals surface area (Å²) in [5.74, 6) is 0.683. The second-order valence-electron chi connectivity index (χ2n) is 7.77. The van der Waals surface area contributed by atoms with Crippen LogP contribution in [0.25, 0.3) is 6.08 Å².